The average Bonchev–Trinajstić information content (AvgIpc) is 2.45. The van der Waals surface area contributed by atoms with Crippen molar-refractivity contribution in [1.82, 2.24) is 0 Å². The first-order valence-electron chi connectivity index (χ1n) is 7.37. The molecule has 0 saturated carbocycles. The van der Waals surface area contributed by atoms with Crippen LogP contribution in [-0.2, 0) is 10.0 Å². The van der Waals surface area contributed by atoms with Crippen molar-refractivity contribution in [2.75, 3.05) is 4.72 Å². The van der Waals surface area contributed by atoms with E-state index in [9.17, 15) is 13.2 Å². The Morgan fingerprint density at radius 1 is 1.08 bits per heavy atom. The highest BCUT2D eigenvalue weighted by Gasteiger charge is 2.12. The van der Waals surface area contributed by atoms with Crippen LogP contribution in [0.5, 0.6) is 0 Å². The molecule has 0 heterocycles. The van der Waals surface area contributed by atoms with Crippen LogP contribution in [0.1, 0.15) is 32.6 Å². The molecule has 0 aromatic heterocycles. The number of benzene rings is 2. The molecule has 126 valence electrons. The molecule has 2 aromatic carbocycles. The van der Waals surface area contributed by atoms with E-state index in [-0.39, 0.29) is 11.3 Å². The molecule has 0 bridgehead atoms. The van der Waals surface area contributed by atoms with E-state index in [1.807, 2.05) is 32.9 Å². The van der Waals surface area contributed by atoms with Gasteiger partial charge in [-0.05, 0) is 55.7 Å². The first-order chi connectivity index (χ1) is 11.2. The number of amides is 1. The molecule has 0 saturated heterocycles. The maximum Gasteiger partial charge on any atom is 0.255 e. The van der Waals surface area contributed by atoms with Gasteiger partial charge in [-0.15, -0.1) is 0 Å². The highest BCUT2D eigenvalue weighted by atomic mass is 32.2. The molecular weight excluding hydrogens is 324 g/mol. The quantitative estimate of drug-likeness (QED) is 0.873. The number of anilines is 1. The molecular formula is C18H20N2O3S. The lowest BCUT2D eigenvalue weighted by molar-refractivity contribution is 0.100. The van der Waals surface area contributed by atoms with Gasteiger partial charge < -0.3 is 5.73 Å². The number of hydrogen-bond acceptors (Lipinski definition) is 3. The van der Waals surface area contributed by atoms with Crippen molar-refractivity contribution in [3.63, 3.8) is 0 Å². The minimum atomic E-state index is -3.77. The average molecular weight is 344 g/mol. The number of aryl methyl sites for hydroxylation is 3. The first kappa shape index (κ1) is 17.7. The molecule has 2 rings (SSSR count). The highest BCUT2D eigenvalue weighted by Crippen LogP contribution is 2.20. The molecule has 3 N–H and O–H groups in total. The summed E-state index contributed by atoms with van der Waals surface area (Å²) >= 11 is 0. The number of hydrogen-bond donors (Lipinski definition) is 2. The summed E-state index contributed by atoms with van der Waals surface area (Å²) in [5, 5.41) is 1.09. The lowest BCUT2D eigenvalue weighted by Gasteiger charge is -2.09. The lowest BCUT2D eigenvalue weighted by atomic mass is 10.0. The van der Waals surface area contributed by atoms with E-state index in [1.54, 1.807) is 18.2 Å². The first-order valence-corrected chi connectivity index (χ1v) is 8.92. The van der Waals surface area contributed by atoms with Crippen LogP contribution in [0, 0.1) is 20.8 Å². The Morgan fingerprint density at radius 3 is 2.25 bits per heavy atom. The van der Waals surface area contributed by atoms with Crippen molar-refractivity contribution in [3.05, 3.63) is 69.6 Å². The van der Waals surface area contributed by atoms with E-state index in [1.165, 1.54) is 12.1 Å². The Bertz CT molecular complexity index is 893. The van der Waals surface area contributed by atoms with Crippen molar-refractivity contribution in [1.29, 1.82) is 0 Å². The Morgan fingerprint density at radius 2 is 1.67 bits per heavy atom. The van der Waals surface area contributed by atoms with Gasteiger partial charge >= 0.3 is 0 Å². The second kappa shape index (κ2) is 6.88. The molecule has 24 heavy (non-hydrogen) atoms. The van der Waals surface area contributed by atoms with Crippen molar-refractivity contribution in [2.45, 2.75) is 20.8 Å². The van der Waals surface area contributed by atoms with Gasteiger partial charge in [0.2, 0.25) is 0 Å². The van der Waals surface area contributed by atoms with Gasteiger partial charge in [0.25, 0.3) is 15.9 Å². The van der Waals surface area contributed by atoms with E-state index in [4.69, 9.17) is 5.73 Å². The van der Waals surface area contributed by atoms with Crippen LogP contribution < -0.4 is 10.5 Å². The summed E-state index contributed by atoms with van der Waals surface area (Å²) in [7, 11) is -3.77. The molecule has 0 fully saturated rings. The van der Waals surface area contributed by atoms with Crippen molar-refractivity contribution < 1.29 is 13.2 Å². The summed E-state index contributed by atoms with van der Waals surface area (Å²) in [6.45, 7) is 5.86. The largest absolute Gasteiger partial charge is 0.366 e. The van der Waals surface area contributed by atoms with E-state index < -0.39 is 15.9 Å². The zero-order valence-electron chi connectivity index (χ0n) is 13.8. The summed E-state index contributed by atoms with van der Waals surface area (Å²) in [5.41, 5.74) is 9.52. The van der Waals surface area contributed by atoms with Gasteiger partial charge in [-0.2, -0.15) is 0 Å². The summed E-state index contributed by atoms with van der Waals surface area (Å²) in [6.07, 6.45) is 1.55. The lowest BCUT2D eigenvalue weighted by Crippen LogP contribution is -2.17. The van der Waals surface area contributed by atoms with Crippen LogP contribution in [0.15, 0.2) is 41.8 Å². The summed E-state index contributed by atoms with van der Waals surface area (Å²) in [5.74, 6) is -0.692. The molecule has 6 heteroatoms. The predicted octanol–water partition coefficient (Wildman–Crippen LogP) is 3.12. The predicted molar refractivity (Wildman–Crippen MR) is 97.2 cm³/mol. The second-order valence-corrected chi connectivity index (χ2v) is 7.24. The third kappa shape index (κ3) is 4.23. The van der Waals surface area contributed by atoms with Crippen LogP contribution in [0.25, 0.3) is 6.08 Å². The van der Waals surface area contributed by atoms with Crippen LogP contribution in [0.3, 0.4) is 0 Å². The maximum atomic E-state index is 12.3. The Balaban J connectivity index is 2.32. The number of carbonyl (C=O) groups excluding carboxylic acids is 1. The molecule has 0 atom stereocenters. The van der Waals surface area contributed by atoms with Gasteiger partial charge in [-0.1, -0.05) is 29.8 Å². The zero-order valence-corrected chi connectivity index (χ0v) is 14.6. The molecule has 0 aliphatic heterocycles. The highest BCUT2D eigenvalue weighted by molar-refractivity contribution is 7.95. The van der Waals surface area contributed by atoms with Crippen molar-refractivity contribution in [3.8, 4) is 0 Å². The van der Waals surface area contributed by atoms with E-state index in [2.05, 4.69) is 4.72 Å². The number of rotatable bonds is 5. The van der Waals surface area contributed by atoms with Crippen molar-refractivity contribution in [2.24, 2.45) is 5.73 Å². The van der Waals surface area contributed by atoms with Crippen LogP contribution in [0.2, 0.25) is 0 Å². The standard InChI is InChI=1S/C18H20N2O3S/c1-12-10-13(2)15(14(3)11-12)8-9-24(22,23)20-17-7-5-4-6-16(17)18(19)21/h4-11,20H,1-3H3,(H2,19,21)/b9-8+. The molecule has 0 aliphatic carbocycles. The number of nitrogens with one attached hydrogen (secondary N) is 1. The molecule has 2 aromatic rings. The smallest absolute Gasteiger partial charge is 0.255 e. The van der Waals surface area contributed by atoms with Gasteiger partial charge in [0.15, 0.2) is 0 Å². The number of carbonyl (C=O) groups is 1. The fourth-order valence-corrected chi connectivity index (χ4v) is 3.45. The van der Waals surface area contributed by atoms with Crippen LogP contribution in [-0.4, -0.2) is 14.3 Å². The van der Waals surface area contributed by atoms with E-state index >= 15 is 0 Å². The monoisotopic (exact) mass is 344 g/mol. The van der Waals surface area contributed by atoms with Gasteiger partial charge in [-0.25, -0.2) is 8.42 Å². The van der Waals surface area contributed by atoms with Crippen molar-refractivity contribution >= 4 is 27.7 Å². The molecule has 1 amide bonds. The Labute approximate surface area is 142 Å². The molecule has 0 spiro atoms. The van der Waals surface area contributed by atoms with Gasteiger partial charge in [0.05, 0.1) is 16.7 Å². The fourth-order valence-electron chi connectivity index (χ4n) is 2.59. The van der Waals surface area contributed by atoms with Gasteiger partial charge in [0.1, 0.15) is 0 Å². The fraction of sp³-hybridized carbons (Fsp3) is 0.167. The topological polar surface area (TPSA) is 89.3 Å². The second-order valence-electron chi connectivity index (χ2n) is 5.67. The number of sulfonamides is 1. The number of nitrogens with two attached hydrogens (primary N) is 1. The van der Waals surface area contributed by atoms with E-state index in [0.29, 0.717) is 0 Å². The maximum absolute atomic E-state index is 12.3. The van der Waals surface area contributed by atoms with Gasteiger partial charge in [-0.3, -0.25) is 9.52 Å². The minimum absolute atomic E-state index is 0.122. The third-order valence-electron chi connectivity index (χ3n) is 3.60. The van der Waals surface area contributed by atoms with E-state index in [0.717, 1.165) is 27.7 Å². The molecule has 0 radical (unpaired) electrons. The summed E-state index contributed by atoms with van der Waals surface area (Å²) in [6, 6.07) is 10.2. The molecule has 0 unspecified atom stereocenters. The van der Waals surface area contributed by atoms with Crippen LogP contribution in [0.4, 0.5) is 5.69 Å². The number of para-hydroxylation sites is 1. The summed E-state index contributed by atoms with van der Waals surface area (Å²) < 4.78 is 26.9. The third-order valence-corrected chi connectivity index (χ3v) is 4.60. The molecule has 0 aliphatic rings. The van der Waals surface area contributed by atoms with Gasteiger partial charge in [0, 0.05) is 0 Å². The number of primary amides is 1. The van der Waals surface area contributed by atoms with Crippen LogP contribution >= 0.6 is 0 Å². The minimum Gasteiger partial charge on any atom is -0.366 e. The Hall–Kier alpha value is -2.60. The summed E-state index contributed by atoms with van der Waals surface area (Å²) in [4.78, 5) is 11.4. The molecule has 5 nitrogen and oxygen atoms in total. The SMILES string of the molecule is Cc1cc(C)c(/C=C/S(=O)(=O)Nc2ccccc2C(N)=O)c(C)c1. The zero-order chi connectivity index (χ0) is 17.9. The Kier molecular flexibility index (Phi) is 5.09. The normalized spacial score (nSPS) is 11.6.